The number of sulfonamides is 1. The minimum atomic E-state index is -3.55. The lowest BCUT2D eigenvalue weighted by molar-refractivity contribution is 0.603. The van der Waals surface area contributed by atoms with Crippen LogP contribution in [0.25, 0.3) is 0 Å². The van der Waals surface area contributed by atoms with Gasteiger partial charge in [0.15, 0.2) is 0 Å². The number of anilines is 1. The summed E-state index contributed by atoms with van der Waals surface area (Å²) in [4.78, 5) is 0. The van der Waals surface area contributed by atoms with Gasteiger partial charge in [0.25, 0.3) is 10.0 Å². The molecule has 0 bridgehead atoms. The van der Waals surface area contributed by atoms with E-state index < -0.39 is 10.0 Å². The summed E-state index contributed by atoms with van der Waals surface area (Å²) in [6.07, 6.45) is 0. The molecule has 0 saturated carbocycles. The molecule has 0 unspecified atom stereocenters. The number of hydrogen-bond donors (Lipinski definition) is 1. The number of aryl methyl sites for hydroxylation is 1. The van der Waals surface area contributed by atoms with Crippen LogP contribution in [0.2, 0.25) is 5.02 Å². The SMILES string of the molecule is Cc1cc(S(=O)(=O)Nc2cccc(Cl)c2)sc1Br. The topological polar surface area (TPSA) is 46.2 Å². The largest absolute Gasteiger partial charge is 0.279 e. The molecule has 1 N–H and O–H groups in total. The average molecular weight is 367 g/mol. The van der Waals surface area contributed by atoms with E-state index in [1.54, 1.807) is 30.3 Å². The van der Waals surface area contributed by atoms with E-state index in [4.69, 9.17) is 11.6 Å². The summed E-state index contributed by atoms with van der Waals surface area (Å²) in [6.45, 7) is 1.85. The second-order valence-electron chi connectivity index (χ2n) is 3.64. The Bertz CT molecular complexity index is 663. The molecule has 0 saturated heterocycles. The first-order chi connectivity index (χ1) is 8.38. The first-order valence-corrected chi connectivity index (χ1v) is 8.40. The molecule has 7 heteroatoms. The molecular formula is C11H9BrClNO2S2. The molecule has 1 aromatic carbocycles. The molecule has 0 aliphatic rings. The number of rotatable bonds is 3. The maximum Gasteiger partial charge on any atom is 0.271 e. The van der Waals surface area contributed by atoms with E-state index in [1.165, 1.54) is 11.3 Å². The fourth-order valence-corrected chi connectivity index (χ4v) is 4.79. The first kappa shape index (κ1) is 13.9. The predicted molar refractivity (Wildman–Crippen MR) is 79.0 cm³/mol. The molecule has 18 heavy (non-hydrogen) atoms. The Morgan fingerprint density at radius 3 is 2.61 bits per heavy atom. The standard InChI is InChI=1S/C11H9BrClNO2S2/c1-7-5-10(17-11(7)12)18(15,16)14-9-4-2-3-8(13)6-9/h2-6,14H,1H3. The van der Waals surface area contributed by atoms with Crippen LogP contribution in [0.1, 0.15) is 5.56 Å². The molecule has 2 aromatic rings. The van der Waals surface area contributed by atoms with Gasteiger partial charge in [0.05, 0.1) is 9.47 Å². The van der Waals surface area contributed by atoms with Gasteiger partial charge < -0.3 is 0 Å². The van der Waals surface area contributed by atoms with E-state index >= 15 is 0 Å². The van der Waals surface area contributed by atoms with Crippen molar-refractivity contribution >= 4 is 54.6 Å². The Kier molecular flexibility index (Phi) is 4.01. The van der Waals surface area contributed by atoms with E-state index in [0.717, 1.165) is 9.35 Å². The van der Waals surface area contributed by atoms with E-state index in [-0.39, 0.29) is 4.21 Å². The quantitative estimate of drug-likeness (QED) is 0.881. The van der Waals surface area contributed by atoms with Crippen molar-refractivity contribution < 1.29 is 8.42 Å². The lowest BCUT2D eigenvalue weighted by Crippen LogP contribution is -2.11. The van der Waals surface area contributed by atoms with E-state index in [0.29, 0.717) is 10.7 Å². The van der Waals surface area contributed by atoms with Gasteiger partial charge in [0.2, 0.25) is 0 Å². The maximum absolute atomic E-state index is 12.1. The normalized spacial score (nSPS) is 11.5. The van der Waals surface area contributed by atoms with E-state index in [9.17, 15) is 8.42 Å². The third-order valence-electron chi connectivity index (χ3n) is 2.18. The van der Waals surface area contributed by atoms with Crippen molar-refractivity contribution in [2.75, 3.05) is 4.72 Å². The number of benzene rings is 1. The molecule has 0 spiro atoms. The van der Waals surface area contributed by atoms with Crippen LogP contribution in [0.3, 0.4) is 0 Å². The van der Waals surface area contributed by atoms with Gasteiger partial charge in [-0.3, -0.25) is 4.72 Å². The smallest absolute Gasteiger partial charge is 0.271 e. The molecule has 2 rings (SSSR count). The van der Waals surface area contributed by atoms with Gasteiger partial charge >= 0.3 is 0 Å². The molecule has 0 fully saturated rings. The molecule has 0 aliphatic carbocycles. The second-order valence-corrected chi connectivity index (χ2v) is 8.35. The highest BCUT2D eigenvalue weighted by atomic mass is 79.9. The molecule has 0 radical (unpaired) electrons. The zero-order valence-corrected chi connectivity index (χ0v) is 13.3. The monoisotopic (exact) mass is 365 g/mol. The van der Waals surface area contributed by atoms with Crippen molar-refractivity contribution in [2.24, 2.45) is 0 Å². The number of halogens is 2. The van der Waals surface area contributed by atoms with Gasteiger partial charge in [-0.05, 0) is 52.7 Å². The average Bonchev–Trinajstić information content (AvgIpc) is 2.59. The third-order valence-corrected chi connectivity index (χ3v) is 6.40. The predicted octanol–water partition coefficient (Wildman–Crippen LogP) is 4.27. The van der Waals surface area contributed by atoms with Crippen LogP contribution < -0.4 is 4.72 Å². The summed E-state index contributed by atoms with van der Waals surface area (Å²) in [5.41, 5.74) is 1.34. The summed E-state index contributed by atoms with van der Waals surface area (Å²) in [5, 5.41) is 0.485. The lowest BCUT2D eigenvalue weighted by Gasteiger charge is -2.05. The summed E-state index contributed by atoms with van der Waals surface area (Å²) < 4.78 is 27.8. The van der Waals surface area contributed by atoms with Crippen molar-refractivity contribution in [1.29, 1.82) is 0 Å². The van der Waals surface area contributed by atoms with E-state index in [1.807, 2.05) is 6.92 Å². The summed E-state index contributed by atoms with van der Waals surface area (Å²) in [7, 11) is -3.55. The van der Waals surface area contributed by atoms with Crippen LogP contribution in [-0.4, -0.2) is 8.42 Å². The van der Waals surface area contributed by atoms with Crippen molar-refractivity contribution in [3.8, 4) is 0 Å². The van der Waals surface area contributed by atoms with E-state index in [2.05, 4.69) is 20.7 Å². The van der Waals surface area contributed by atoms with Crippen LogP contribution in [0.4, 0.5) is 5.69 Å². The number of hydrogen-bond acceptors (Lipinski definition) is 3. The molecule has 0 amide bonds. The van der Waals surface area contributed by atoms with Crippen molar-refractivity contribution in [1.82, 2.24) is 0 Å². The minimum Gasteiger partial charge on any atom is -0.279 e. The Hall–Kier alpha value is -0.560. The van der Waals surface area contributed by atoms with Crippen LogP contribution in [0.15, 0.2) is 38.3 Å². The fourth-order valence-electron chi connectivity index (χ4n) is 1.32. The van der Waals surface area contributed by atoms with Crippen molar-refractivity contribution in [3.05, 3.63) is 44.7 Å². The van der Waals surface area contributed by atoms with Crippen LogP contribution in [-0.2, 0) is 10.0 Å². The molecule has 0 atom stereocenters. The highest BCUT2D eigenvalue weighted by Gasteiger charge is 2.18. The van der Waals surface area contributed by atoms with Crippen molar-refractivity contribution in [2.45, 2.75) is 11.1 Å². The Labute approximate surface area is 123 Å². The molecule has 96 valence electrons. The Balaban J connectivity index is 2.33. The number of thiophene rings is 1. The zero-order chi connectivity index (χ0) is 13.3. The lowest BCUT2D eigenvalue weighted by atomic mass is 10.3. The van der Waals surface area contributed by atoms with Gasteiger partial charge in [-0.15, -0.1) is 11.3 Å². The fraction of sp³-hybridized carbons (Fsp3) is 0.0909. The number of nitrogens with one attached hydrogen (secondary N) is 1. The van der Waals surface area contributed by atoms with Gasteiger partial charge in [-0.25, -0.2) is 8.42 Å². The summed E-state index contributed by atoms with van der Waals surface area (Å²) >= 11 is 10.3. The Morgan fingerprint density at radius 1 is 1.33 bits per heavy atom. The second kappa shape index (κ2) is 5.21. The first-order valence-electron chi connectivity index (χ1n) is 4.93. The highest BCUT2D eigenvalue weighted by molar-refractivity contribution is 9.11. The van der Waals surface area contributed by atoms with Crippen LogP contribution in [0.5, 0.6) is 0 Å². The molecule has 3 nitrogen and oxygen atoms in total. The van der Waals surface area contributed by atoms with Gasteiger partial charge in [0.1, 0.15) is 4.21 Å². The van der Waals surface area contributed by atoms with Gasteiger partial charge in [-0.2, -0.15) is 0 Å². The maximum atomic E-state index is 12.1. The highest BCUT2D eigenvalue weighted by Crippen LogP contribution is 2.31. The van der Waals surface area contributed by atoms with Crippen LogP contribution in [0, 0.1) is 6.92 Å². The van der Waals surface area contributed by atoms with Gasteiger partial charge in [-0.1, -0.05) is 17.7 Å². The third kappa shape index (κ3) is 3.06. The molecule has 1 heterocycles. The molecule has 0 aliphatic heterocycles. The minimum absolute atomic E-state index is 0.270. The van der Waals surface area contributed by atoms with Crippen molar-refractivity contribution in [3.63, 3.8) is 0 Å². The van der Waals surface area contributed by atoms with Crippen LogP contribution >= 0.6 is 38.9 Å². The zero-order valence-electron chi connectivity index (χ0n) is 9.28. The molecular weight excluding hydrogens is 358 g/mol. The summed E-state index contributed by atoms with van der Waals surface area (Å²) in [5.74, 6) is 0. The Morgan fingerprint density at radius 2 is 2.06 bits per heavy atom. The van der Waals surface area contributed by atoms with Gasteiger partial charge in [0, 0.05) is 5.02 Å². The summed E-state index contributed by atoms with van der Waals surface area (Å²) in [6, 6.07) is 8.22. The molecule has 1 aromatic heterocycles.